The topological polar surface area (TPSA) is 108 Å². The van der Waals surface area contributed by atoms with E-state index in [1.54, 1.807) is 12.3 Å². The number of aliphatic hydroxyl groups is 1. The van der Waals surface area contributed by atoms with Crippen molar-refractivity contribution in [2.45, 2.75) is 25.0 Å². The molecular weight excluding hydrogens is 274 g/mol. The molecule has 0 bridgehead atoms. The molecule has 1 aliphatic rings. The number of nitrogens with one attached hydrogen (secondary N) is 2. The Morgan fingerprint density at radius 3 is 2.86 bits per heavy atom. The van der Waals surface area contributed by atoms with E-state index < -0.39 is 11.5 Å². The number of aromatic amines is 1. The van der Waals surface area contributed by atoms with E-state index in [4.69, 9.17) is 4.52 Å². The normalized spacial score (nSPS) is 22.3. The molecule has 21 heavy (non-hydrogen) atoms. The molecule has 3 N–H and O–H groups in total. The lowest BCUT2D eigenvalue weighted by Gasteiger charge is -2.37. The third kappa shape index (κ3) is 2.87. The van der Waals surface area contributed by atoms with E-state index in [-0.39, 0.29) is 23.8 Å². The second-order valence-electron chi connectivity index (χ2n) is 5.17. The average molecular weight is 289 g/mol. The number of carbonyl (C=O) groups excluding carboxylic acids is 1. The summed E-state index contributed by atoms with van der Waals surface area (Å²) >= 11 is 0. The van der Waals surface area contributed by atoms with Crippen molar-refractivity contribution < 1.29 is 14.4 Å². The van der Waals surface area contributed by atoms with Crippen molar-refractivity contribution in [1.29, 1.82) is 0 Å². The lowest BCUT2D eigenvalue weighted by atomic mass is 9.76. The Labute approximate surface area is 120 Å². The largest absolute Gasteiger partial charge is 0.393 e. The van der Waals surface area contributed by atoms with Gasteiger partial charge in [-0.05, 0) is 30.9 Å². The van der Waals surface area contributed by atoms with E-state index in [2.05, 4.69) is 15.5 Å². The fourth-order valence-electron chi connectivity index (χ4n) is 2.50. The molecule has 2 aromatic heterocycles. The summed E-state index contributed by atoms with van der Waals surface area (Å²) in [7, 11) is 0. The van der Waals surface area contributed by atoms with Gasteiger partial charge in [0.05, 0.1) is 23.9 Å². The quantitative estimate of drug-likeness (QED) is 0.764. The summed E-state index contributed by atoms with van der Waals surface area (Å²) in [5.74, 6) is -0.435. The number of H-pyrrole nitrogens is 1. The van der Waals surface area contributed by atoms with Gasteiger partial charge in [0, 0.05) is 6.20 Å². The van der Waals surface area contributed by atoms with Gasteiger partial charge in [-0.15, -0.1) is 0 Å². The molecule has 0 saturated heterocycles. The number of amides is 1. The predicted octanol–water partition coefficient (Wildman–Crippen LogP) is 0.605. The molecule has 0 aliphatic heterocycles. The van der Waals surface area contributed by atoms with Crippen LogP contribution in [-0.4, -0.2) is 27.3 Å². The van der Waals surface area contributed by atoms with Crippen molar-refractivity contribution in [2.24, 2.45) is 5.92 Å². The van der Waals surface area contributed by atoms with E-state index in [0.29, 0.717) is 12.8 Å². The maximum Gasteiger partial charge on any atom is 0.290 e. The van der Waals surface area contributed by atoms with Gasteiger partial charge in [0.25, 0.3) is 11.5 Å². The van der Waals surface area contributed by atoms with Crippen molar-refractivity contribution in [1.82, 2.24) is 15.5 Å². The van der Waals surface area contributed by atoms with Crippen LogP contribution in [0.15, 0.2) is 39.8 Å². The van der Waals surface area contributed by atoms with Crippen molar-refractivity contribution >= 4 is 5.91 Å². The number of hydrogen-bond acceptors (Lipinski definition) is 5. The zero-order chi connectivity index (χ0) is 14.8. The van der Waals surface area contributed by atoms with Crippen molar-refractivity contribution in [3.63, 3.8) is 0 Å². The second-order valence-corrected chi connectivity index (χ2v) is 5.17. The SMILES string of the molecule is O=C(N[C@H](c1ccccn1)C1CC(O)C1)c1cc(=O)[nH]o1. The van der Waals surface area contributed by atoms with Crippen LogP contribution in [-0.2, 0) is 0 Å². The van der Waals surface area contributed by atoms with Crippen LogP contribution in [0, 0.1) is 5.92 Å². The number of pyridine rings is 1. The van der Waals surface area contributed by atoms with Gasteiger partial charge in [0.1, 0.15) is 0 Å². The Kier molecular flexibility index (Phi) is 3.57. The molecule has 1 aliphatic carbocycles. The first-order valence-electron chi connectivity index (χ1n) is 6.72. The highest BCUT2D eigenvalue weighted by molar-refractivity contribution is 5.91. The van der Waals surface area contributed by atoms with E-state index in [0.717, 1.165) is 11.8 Å². The van der Waals surface area contributed by atoms with E-state index >= 15 is 0 Å². The van der Waals surface area contributed by atoms with Crippen LogP contribution in [0.4, 0.5) is 0 Å². The minimum atomic E-state index is -0.481. The maximum absolute atomic E-state index is 12.1. The molecule has 0 unspecified atom stereocenters. The zero-order valence-electron chi connectivity index (χ0n) is 11.2. The summed E-state index contributed by atoms with van der Waals surface area (Å²) in [4.78, 5) is 27.4. The van der Waals surface area contributed by atoms with Crippen LogP contribution in [0.5, 0.6) is 0 Å². The molecule has 7 heteroatoms. The van der Waals surface area contributed by atoms with E-state index in [9.17, 15) is 14.7 Å². The maximum atomic E-state index is 12.1. The van der Waals surface area contributed by atoms with Crippen molar-refractivity contribution in [2.75, 3.05) is 0 Å². The van der Waals surface area contributed by atoms with Crippen LogP contribution < -0.4 is 10.9 Å². The first kappa shape index (κ1) is 13.6. The first-order valence-corrected chi connectivity index (χ1v) is 6.72. The van der Waals surface area contributed by atoms with Gasteiger partial charge in [-0.3, -0.25) is 14.6 Å². The summed E-state index contributed by atoms with van der Waals surface area (Å²) in [6.45, 7) is 0. The predicted molar refractivity (Wildman–Crippen MR) is 72.5 cm³/mol. The molecule has 1 amide bonds. The molecule has 0 aromatic carbocycles. The molecule has 0 spiro atoms. The zero-order valence-corrected chi connectivity index (χ0v) is 11.2. The van der Waals surface area contributed by atoms with Crippen LogP contribution in [0.3, 0.4) is 0 Å². The van der Waals surface area contributed by atoms with E-state index in [1.165, 1.54) is 0 Å². The van der Waals surface area contributed by atoms with Crippen LogP contribution >= 0.6 is 0 Å². The van der Waals surface area contributed by atoms with Crippen molar-refractivity contribution in [3.8, 4) is 0 Å². The Hall–Kier alpha value is -2.41. The standard InChI is InChI=1S/C14H15N3O4/c18-9-5-8(6-9)13(10-3-1-2-4-15-10)16-14(20)11-7-12(19)17-21-11/h1-4,7-9,13,18H,5-6H2,(H,16,20)(H,17,19)/t8?,9?,13-/m0/s1. The summed E-state index contributed by atoms with van der Waals surface area (Å²) in [6, 6.07) is 6.24. The van der Waals surface area contributed by atoms with Gasteiger partial charge in [-0.1, -0.05) is 6.07 Å². The molecule has 110 valence electrons. The second kappa shape index (κ2) is 5.53. The highest BCUT2D eigenvalue weighted by atomic mass is 16.5. The number of rotatable bonds is 4. The summed E-state index contributed by atoms with van der Waals surface area (Å²) in [6.07, 6.45) is 2.54. The Bertz CT molecular complexity index is 673. The van der Waals surface area contributed by atoms with Gasteiger partial charge in [0.15, 0.2) is 0 Å². The highest BCUT2D eigenvalue weighted by Gasteiger charge is 2.36. The molecule has 1 saturated carbocycles. The number of nitrogens with zero attached hydrogens (tertiary/aromatic N) is 1. The van der Waals surface area contributed by atoms with Crippen LogP contribution in [0.2, 0.25) is 0 Å². The lowest BCUT2D eigenvalue weighted by Crippen LogP contribution is -2.41. The third-order valence-electron chi connectivity index (χ3n) is 3.66. The number of hydrogen-bond donors (Lipinski definition) is 3. The average Bonchev–Trinajstić information content (AvgIpc) is 2.89. The van der Waals surface area contributed by atoms with Gasteiger partial charge in [-0.25, -0.2) is 0 Å². The Balaban J connectivity index is 1.79. The summed E-state index contributed by atoms with van der Waals surface area (Å²) in [5.41, 5.74) is 0.259. The van der Waals surface area contributed by atoms with Crippen LogP contribution in [0.1, 0.15) is 35.1 Å². The van der Waals surface area contributed by atoms with Gasteiger partial charge < -0.3 is 14.9 Å². The number of carbonyl (C=O) groups is 1. The number of aliphatic hydroxyl groups excluding tert-OH is 1. The monoisotopic (exact) mass is 289 g/mol. The summed E-state index contributed by atoms with van der Waals surface area (Å²) in [5, 5.41) is 14.4. The van der Waals surface area contributed by atoms with Crippen LogP contribution in [0.25, 0.3) is 0 Å². The number of aromatic nitrogens is 2. The fraction of sp³-hybridized carbons (Fsp3) is 0.357. The van der Waals surface area contributed by atoms with Gasteiger partial charge in [0.2, 0.25) is 5.76 Å². The molecule has 7 nitrogen and oxygen atoms in total. The Morgan fingerprint density at radius 1 is 1.48 bits per heavy atom. The molecule has 1 atom stereocenters. The van der Waals surface area contributed by atoms with Gasteiger partial charge in [-0.2, -0.15) is 5.16 Å². The fourth-order valence-corrected chi connectivity index (χ4v) is 2.50. The summed E-state index contributed by atoms with van der Waals surface area (Å²) < 4.78 is 4.80. The van der Waals surface area contributed by atoms with E-state index in [1.807, 2.05) is 12.1 Å². The molecule has 2 heterocycles. The molecule has 0 radical (unpaired) electrons. The minimum absolute atomic E-state index is 0.0687. The smallest absolute Gasteiger partial charge is 0.290 e. The molecule has 2 aromatic rings. The Morgan fingerprint density at radius 2 is 2.29 bits per heavy atom. The molecule has 1 fully saturated rings. The third-order valence-corrected chi connectivity index (χ3v) is 3.66. The lowest BCUT2D eigenvalue weighted by molar-refractivity contribution is 0.0224. The minimum Gasteiger partial charge on any atom is -0.393 e. The molecule has 3 rings (SSSR count). The highest BCUT2D eigenvalue weighted by Crippen LogP contribution is 2.37. The van der Waals surface area contributed by atoms with Crippen molar-refractivity contribution in [3.05, 3.63) is 52.3 Å². The van der Waals surface area contributed by atoms with Gasteiger partial charge >= 0.3 is 0 Å². The first-order chi connectivity index (χ1) is 10.1. The molecular formula is C14H15N3O4.